The van der Waals surface area contributed by atoms with Gasteiger partial charge in [0.25, 0.3) is 0 Å². The average molecular weight is 243 g/mol. The fourth-order valence-electron chi connectivity index (χ4n) is 1.27. The van der Waals surface area contributed by atoms with Crippen molar-refractivity contribution in [3.05, 3.63) is 5.69 Å². The summed E-state index contributed by atoms with van der Waals surface area (Å²) >= 11 is 0. The molecule has 0 unspecified atom stereocenters. The van der Waals surface area contributed by atoms with Crippen molar-refractivity contribution >= 4 is 22.1 Å². The SMILES string of the molecule is C[Si](C)(C)Cc1nonc1N[Si](C)(C)C. The molecule has 0 saturated heterocycles. The molecule has 0 bridgehead atoms. The van der Waals surface area contributed by atoms with Crippen LogP contribution in [0, 0.1) is 0 Å². The Morgan fingerprint density at radius 1 is 1.07 bits per heavy atom. The van der Waals surface area contributed by atoms with Crippen LogP contribution in [0.25, 0.3) is 0 Å². The molecule has 0 amide bonds. The van der Waals surface area contributed by atoms with E-state index in [0.29, 0.717) is 0 Å². The second kappa shape index (κ2) is 4.09. The van der Waals surface area contributed by atoms with E-state index in [4.69, 9.17) is 4.63 Å². The lowest BCUT2D eigenvalue weighted by Crippen LogP contribution is -2.33. The first-order valence-corrected chi connectivity index (χ1v) is 12.5. The van der Waals surface area contributed by atoms with E-state index < -0.39 is 16.3 Å². The molecule has 4 nitrogen and oxygen atoms in total. The molecule has 0 spiro atoms. The van der Waals surface area contributed by atoms with Gasteiger partial charge < -0.3 is 4.98 Å². The lowest BCUT2D eigenvalue weighted by atomic mass is 10.5. The van der Waals surface area contributed by atoms with Gasteiger partial charge >= 0.3 is 0 Å². The molecular formula is C9H21N3OSi2. The fourth-order valence-corrected chi connectivity index (χ4v) is 3.41. The molecular weight excluding hydrogens is 222 g/mol. The Kier molecular flexibility index (Phi) is 3.39. The molecule has 1 N–H and O–H groups in total. The monoisotopic (exact) mass is 243 g/mol. The first-order valence-electron chi connectivity index (χ1n) is 5.27. The first-order chi connectivity index (χ1) is 6.67. The number of aromatic nitrogens is 2. The summed E-state index contributed by atoms with van der Waals surface area (Å²) in [6, 6.07) is 1.02. The van der Waals surface area contributed by atoms with Crippen LogP contribution in [0.1, 0.15) is 5.69 Å². The molecule has 0 aromatic carbocycles. The second-order valence-electron chi connectivity index (χ2n) is 6.17. The third-order valence-electron chi connectivity index (χ3n) is 1.75. The largest absolute Gasteiger partial charge is 0.392 e. The Bertz CT molecular complexity index is 294. The first kappa shape index (κ1) is 12.4. The lowest BCUT2D eigenvalue weighted by Gasteiger charge is -2.19. The molecule has 6 heteroatoms. The number of nitrogens with zero attached hydrogens (tertiary/aromatic N) is 2. The zero-order chi connectivity index (χ0) is 11.7. The highest BCUT2D eigenvalue weighted by Gasteiger charge is 2.23. The van der Waals surface area contributed by atoms with Crippen molar-refractivity contribution in [2.75, 3.05) is 4.98 Å². The Morgan fingerprint density at radius 2 is 1.67 bits per heavy atom. The molecule has 1 heterocycles. The van der Waals surface area contributed by atoms with E-state index in [1.54, 1.807) is 0 Å². The fraction of sp³-hybridized carbons (Fsp3) is 0.778. The van der Waals surface area contributed by atoms with Crippen LogP contribution in [-0.4, -0.2) is 26.6 Å². The number of hydrogen-bond acceptors (Lipinski definition) is 4. The van der Waals surface area contributed by atoms with Crippen molar-refractivity contribution < 1.29 is 4.63 Å². The summed E-state index contributed by atoms with van der Waals surface area (Å²) in [5.74, 6) is 0.858. The molecule has 0 aliphatic heterocycles. The van der Waals surface area contributed by atoms with E-state index in [1.165, 1.54) is 0 Å². The van der Waals surface area contributed by atoms with Gasteiger partial charge in [0.05, 0.1) is 8.07 Å². The van der Waals surface area contributed by atoms with E-state index in [0.717, 1.165) is 17.6 Å². The molecule has 0 saturated carbocycles. The van der Waals surface area contributed by atoms with E-state index in [1.807, 2.05) is 0 Å². The summed E-state index contributed by atoms with van der Waals surface area (Å²) in [6.45, 7) is 13.7. The zero-order valence-electron chi connectivity index (χ0n) is 10.5. The lowest BCUT2D eigenvalue weighted by molar-refractivity contribution is 0.305. The molecule has 0 radical (unpaired) electrons. The third-order valence-corrected chi connectivity index (χ3v) is 4.13. The predicted molar refractivity (Wildman–Crippen MR) is 68.3 cm³/mol. The molecule has 0 aliphatic rings. The van der Waals surface area contributed by atoms with Crippen LogP contribution in [0.4, 0.5) is 5.82 Å². The number of nitrogens with one attached hydrogen (secondary N) is 1. The van der Waals surface area contributed by atoms with Gasteiger partial charge in [0.1, 0.15) is 13.9 Å². The van der Waals surface area contributed by atoms with Crippen LogP contribution >= 0.6 is 0 Å². The molecule has 0 aliphatic carbocycles. The Balaban J connectivity index is 2.79. The van der Waals surface area contributed by atoms with Crippen LogP contribution in [0.3, 0.4) is 0 Å². The Hall–Kier alpha value is -0.626. The second-order valence-corrected chi connectivity index (χ2v) is 16.4. The highest BCUT2D eigenvalue weighted by atomic mass is 28.3. The van der Waals surface area contributed by atoms with E-state index in [9.17, 15) is 0 Å². The van der Waals surface area contributed by atoms with E-state index >= 15 is 0 Å². The molecule has 1 aromatic rings. The summed E-state index contributed by atoms with van der Waals surface area (Å²) in [5.41, 5.74) is 0.997. The molecule has 0 fully saturated rings. The van der Waals surface area contributed by atoms with Gasteiger partial charge in [-0.3, -0.25) is 0 Å². The van der Waals surface area contributed by atoms with Gasteiger partial charge in [-0.25, -0.2) is 4.63 Å². The summed E-state index contributed by atoms with van der Waals surface area (Å²) < 4.78 is 4.82. The predicted octanol–water partition coefficient (Wildman–Crippen LogP) is 2.74. The standard InChI is InChI=1S/C9H21N3OSi2/c1-14(2,3)7-8-9(11-13-10-8)12-15(4,5)6/h7H2,1-6H3,(H,11,12). The minimum absolute atomic E-state index is 0.858. The van der Waals surface area contributed by atoms with E-state index in [-0.39, 0.29) is 0 Å². The highest BCUT2D eigenvalue weighted by molar-refractivity contribution is 6.79. The Morgan fingerprint density at radius 3 is 2.13 bits per heavy atom. The van der Waals surface area contributed by atoms with Gasteiger partial charge in [-0.1, -0.05) is 44.4 Å². The van der Waals surface area contributed by atoms with Crippen molar-refractivity contribution in [2.24, 2.45) is 0 Å². The number of anilines is 1. The average Bonchev–Trinajstić information content (AvgIpc) is 2.29. The smallest absolute Gasteiger partial charge is 0.185 e. The summed E-state index contributed by atoms with van der Waals surface area (Å²) in [7, 11) is -2.52. The van der Waals surface area contributed by atoms with E-state index in [2.05, 4.69) is 54.6 Å². The summed E-state index contributed by atoms with van der Waals surface area (Å²) in [6.07, 6.45) is 0. The molecule has 1 rings (SSSR count). The van der Waals surface area contributed by atoms with Crippen LogP contribution < -0.4 is 4.98 Å². The molecule has 1 aromatic heterocycles. The maximum atomic E-state index is 4.82. The molecule has 15 heavy (non-hydrogen) atoms. The topological polar surface area (TPSA) is 51.0 Å². The van der Waals surface area contributed by atoms with Gasteiger partial charge in [-0.15, -0.1) is 0 Å². The van der Waals surface area contributed by atoms with Gasteiger partial charge in [-0.2, -0.15) is 0 Å². The normalized spacial score (nSPS) is 12.9. The van der Waals surface area contributed by atoms with Crippen LogP contribution in [-0.2, 0) is 6.04 Å². The van der Waals surface area contributed by atoms with Crippen molar-refractivity contribution in [1.82, 2.24) is 10.3 Å². The van der Waals surface area contributed by atoms with Crippen molar-refractivity contribution in [1.29, 1.82) is 0 Å². The van der Waals surface area contributed by atoms with Crippen molar-refractivity contribution in [3.63, 3.8) is 0 Å². The minimum atomic E-state index is -1.37. The Labute approximate surface area is 93.5 Å². The zero-order valence-corrected chi connectivity index (χ0v) is 12.5. The van der Waals surface area contributed by atoms with Gasteiger partial charge in [-0.05, 0) is 11.2 Å². The molecule has 0 atom stereocenters. The highest BCUT2D eigenvalue weighted by Crippen LogP contribution is 2.18. The summed E-state index contributed by atoms with van der Waals surface area (Å²) in [5, 5.41) is 7.94. The quantitative estimate of drug-likeness (QED) is 0.826. The van der Waals surface area contributed by atoms with Gasteiger partial charge in [0.2, 0.25) is 0 Å². The maximum absolute atomic E-state index is 4.82. The van der Waals surface area contributed by atoms with Crippen LogP contribution in [0.2, 0.25) is 39.3 Å². The van der Waals surface area contributed by atoms with Gasteiger partial charge in [0.15, 0.2) is 5.82 Å². The van der Waals surface area contributed by atoms with Crippen molar-refractivity contribution in [2.45, 2.75) is 45.3 Å². The third kappa shape index (κ3) is 4.61. The van der Waals surface area contributed by atoms with Crippen molar-refractivity contribution in [3.8, 4) is 0 Å². The number of hydrogen-bond donors (Lipinski definition) is 1. The molecule has 86 valence electrons. The summed E-state index contributed by atoms with van der Waals surface area (Å²) in [4.78, 5) is 3.45. The van der Waals surface area contributed by atoms with Crippen LogP contribution in [0.5, 0.6) is 0 Å². The maximum Gasteiger partial charge on any atom is 0.185 e. The number of rotatable bonds is 4. The van der Waals surface area contributed by atoms with Crippen LogP contribution in [0.15, 0.2) is 4.63 Å². The minimum Gasteiger partial charge on any atom is -0.392 e. The van der Waals surface area contributed by atoms with Gasteiger partial charge in [0, 0.05) is 0 Å².